The van der Waals surface area contributed by atoms with Crippen molar-refractivity contribution < 1.29 is 62.4 Å². The number of hydrogen-bond acceptors (Lipinski definition) is 13. The topological polar surface area (TPSA) is 144 Å². The first kappa shape index (κ1) is 37.1. The number of carbonyl (C=O) groups excluding carboxylic acids is 3. The highest BCUT2D eigenvalue weighted by Gasteiger charge is 2.22. The third-order valence-electron chi connectivity index (χ3n) is 4.05. The van der Waals surface area contributed by atoms with Gasteiger partial charge >= 0.3 is 18.1 Å². The molecule has 0 aliphatic heterocycles. The van der Waals surface area contributed by atoms with Crippen LogP contribution in [-0.2, 0) is 57.6 Å². The summed E-state index contributed by atoms with van der Waals surface area (Å²) in [6.45, 7) is 21.1. The van der Waals surface area contributed by atoms with E-state index in [9.17, 15) is 14.4 Å². The van der Waals surface area contributed by atoms with E-state index in [0.29, 0.717) is 13.2 Å². The summed E-state index contributed by atoms with van der Waals surface area (Å²) in [4.78, 5) is 56.0. The Kier molecular flexibility index (Phi) is 16.5. The molecule has 0 radical (unpaired) electrons. The summed E-state index contributed by atoms with van der Waals surface area (Å²) >= 11 is 0. The van der Waals surface area contributed by atoms with Gasteiger partial charge in [0.05, 0.1) is 24.4 Å². The fraction of sp³-hybridized carbons (Fsp3) is 0.741. The van der Waals surface area contributed by atoms with Gasteiger partial charge in [0, 0.05) is 0 Å². The molecule has 13 nitrogen and oxygen atoms in total. The van der Waals surface area contributed by atoms with Gasteiger partial charge in [-0.3, -0.25) is 0 Å². The Morgan fingerprint density at radius 2 is 0.875 bits per heavy atom. The first-order chi connectivity index (χ1) is 18.3. The molecule has 0 aliphatic carbocycles. The molecule has 4 atom stereocenters. The van der Waals surface area contributed by atoms with Crippen molar-refractivity contribution in [2.24, 2.45) is 10.8 Å². The molecule has 0 rings (SSSR count). The van der Waals surface area contributed by atoms with Gasteiger partial charge in [-0.2, -0.15) is 9.78 Å². The first-order valence-electron chi connectivity index (χ1n) is 12.8. The van der Waals surface area contributed by atoms with Crippen LogP contribution in [0.15, 0.2) is 23.7 Å². The van der Waals surface area contributed by atoms with Crippen LogP contribution in [0.1, 0.15) is 83.1 Å². The van der Waals surface area contributed by atoms with Crippen LogP contribution in [0.3, 0.4) is 0 Å². The molecule has 0 fully saturated rings. The molecule has 0 heterocycles. The third-order valence-corrected chi connectivity index (χ3v) is 4.05. The Morgan fingerprint density at radius 3 is 1.18 bits per heavy atom. The SMILES string of the molecule is C/C(=C\OOCC(C)(C)C)C(=O)OC(C)OC(C)OC(=O)OC(C)OC(C)OC(=O)/C(C)=C/OOCC(C)(C)C. The van der Waals surface area contributed by atoms with Crippen molar-refractivity contribution in [3.05, 3.63) is 23.7 Å². The molecule has 0 aliphatic rings. The van der Waals surface area contributed by atoms with Crippen LogP contribution >= 0.6 is 0 Å². The Hall–Kier alpha value is -2.87. The van der Waals surface area contributed by atoms with Gasteiger partial charge in [-0.1, -0.05) is 41.5 Å². The van der Waals surface area contributed by atoms with Crippen molar-refractivity contribution in [2.45, 2.75) is 108 Å². The molecular weight excluding hydrogens is 532 g/mol. The van der Waals surface area contributed by atoms with Crippen LogP contribution in [0.2, 0.25) is 0 Å². The highest BCUT2D eigenvalue weighted by molar-refractivity contribution is 5.87. The molecule has 0 aromatic rings. The second-order valence-electron chi connectivity index (χ2n) is 11.3. The minimum Gasteiger partial charge on any atom is -0.432 e. The van der Waals surface area contributed by atoms with Crippen LogP contribution in [0, 0.1) is 10.8 Å². The summed E-state index contributed by atoms with van der Waals surface area (Å²) in [5.41, 5.74) is 0.0474. The highest BCUT2D eigenvalue weighted by atomic mass is 17.2. The standard InChI is InChI=1S/C27H46O13/c1-17(13-31-33-15-26(7,8)9)23(28)37-19(3)35-21(5)39-25(30)40-22(6)36-20(4)38-24(29)18(2)14-32-34-16-27(10,11)12/h13-14,19-22H,15-16H2,1-12H3/b17-13+,18-14+. The lowest BCUT2D eigenvalue weighted by molar-refractivity contribution is -0.264. The van der Waals surface area contributed by atoms with Gasteiger partial charge in [-0.05, 0) is 52.4 Å². The largest absolute Gasteiger partial charge is 0.512 e. The van der Waals surface area contributed by atoms with Crippen LogP contribution in [-0.4, -0.2) is 56.5 Å². The van der Waals surface area contributed by atoms with Gasteiger partial charge < -0.3 is 38.2 Å². The fourth-order valence-electron chi connectivity index (χ4n) is 2.17. The third kappa shape index (κ3) is 20.1. The van der Waals surface area contributed by atoms with Gasteiger partial charge in [-0.15, -0.1) is 0 Å². The molecule has 4 unspecified atom stereocenters. The summed E-state index contributed by atoms with van der Waals surface area (Å²) in [5, 5.41) is 0. The van der Waals surface area contributed by atoms with E-state index in [1.165, 1.54) is 41.5 Å². The minimum absolute atomic E-state index is 0.106. The maximum atomic E-state index is 12.1. The van der Waals surface area contributed by atoms with Gasteiger partial charge in [0.15, 0.2) is 0 Å². The molecule has 40 heavy (non-hydrogen) atoms. The predicted molar refractivity (Wildman–Crippen MR) is 140 cm³/mol. The molecule has 0 spiro atoms. The summed E-state index contributed by atoms with van der Waals surface area (Å²) in [7, 11) is 0. The van der Waals surface area contributed by atoms with Crippen LogP contribution in [0.5, 0.6) is 0 Å². The zero-order chi connectivity index (χ0) is 31.1. The molecule has 0 saturated carbocycles. The zero-order valence-electron chi connectivity index (χ0n) is 25.7. The van der Waals surface area contributed by atoms with E-state index in [-0.39, 0.29) is 22.0 Å². The zero-order valence-corrected chi connectivity index (χ0v) is 25.7. The number of rotatable bonds is 16. The number of esters is 2. The van der Waals surface area contributed by atoms with E-state index in [0.717, 1.165) is 12.5 Å². The van der Waals surface area contributed by atoms with Crippen molar-refractivity contribution in [2.75, 3.05) is 13.2 Å². The molecule has 0 aromatic carbocycles. The maximum absolute atomic E-state index is 12.1. The average molecular weight is 579 g/mol. The molecule has 0 bridgehead atoms. The number of carbonyl (C=O) groups is 3. The lowest BCUT2D eigenvalue weighted by Crippen LogP contribution is -2.30. The van der Waals surface area contributed by atoms with Crippen LogP contribution < -0.4 is 0 Å². The molecule has 232 valence electrons. The van der Waals surface area contributed by atoms with Gasteiger partial charge in [0.25, 0.3) is 0 Å². The number of ether oxygens (including phenoxy) is 6. The molecule has 0 N–H and O–H groups in total. The van der Waals surface area contributed by atoms with E-state index in [2.05, 4.69) is 0 Å². The maximum Gasteiger partial charge on any atom is 0.512 e. The van der Waals surface area contributed by atoms with E-state index < -0.39 is 43.3 Å². The molecule has 0 amide bonds. The molecule has 0 saturated heterocycles. The molecule has 13 heteroatoms. The van der Waals surface area contributed by atoms with Crippen molar-refractivity contribution in [1.29, 1.82) is 0 Å². The van der Waals surface area contributed by atoms with E-state index in [1.807, 2.05) is 41.5 Å². The molecular formula is C27H46O13. The Bertz CT molecular complexity index is 783. The van der Waals surface area contributed by atoms with Gasteiger partial charge in [-0.25, -0.2) is 14.4 Å². The fourth-order valence-corrected chi connectivity index (χ4v) is 2.17. The van der Waals surface area contributed by atoms with Crippen molar-refractivity contribution in [1.82, 2.24) is 0 Å². The summed E-state index contributed by atoms with van der Waals surface area (Å²) < 4.78 is 30.8. The average Bonchev–Trinajstić information content (AvgIpc) is 2.77. The van der Waals surface area contributed by atoms with E-state index >= 15 is 0 Å². The normalized spacial score (nSPS) is 15.8. The Morgan fingerprint density at radius 1 is 0.575 bits per heavy atom. The van der Waals surface area contributed by atoms with E-state index in [4.69, 9.17) is 48.0 Å². The Labute approximate surface area is 236 Å². The van der Waals surface area contributed by atoms with E-state index in [1.54, 1.807) is 0 Å². The summed E-state index contributed by atoms with van der Waals surface area (Å²) in [6.07, 6.45) is -3.30. The first-order valence-corrected chi connectivity index (χ1v) is 12.8. The second kappa shape index (κ2) is 17.7. The van der Waals surface area contributed by atoms with Crippen molar-refractivity contribution >= 4 is 18.1 Å². The quantitative estimate of drug-likeness (QED) is 0.0335. The minimum atomic E-state index is -1.14. The van der Waals surface area contributed by atoms with Crippen molar-refractivity contribution in [3.8, 4) is 0 Å². The molecule has 0 aromatic heterocycles. The smallest absolute Gasteiger partial charge is 0.432 e. The van der Waals surface area contributed by atoms with Gasteiger partial charge in [0.1, 0.15) is 12.5 Å². The monoisotopic (exact) mass is 578 g/mol. The summed E-state index contributed by atoms with van der Waals surface area (Å²) in [6, 6.07) is 0. The number of hydrogen-bond donors (Lipinski definition) is 0. The second-order valence-corrected chi connectivity index (χ2v) is 11.3. The van der Waals surface area contributed by atoms with Gasteiger partial charge in [0.2, 0.25) is 25.2 Å². The predicted octanol–water partition coefficient (Wildman–Crippen LogP) is 5.44. The lowest BCUT2D eigenvalue weighted by atomic mass is 9.99. The lowest BCUT2D eigenvalue weighted by Gasteiger charge is -2.22. The summed E-state index contributed by atoms with van der Waals surface area (Å²) in [5.74, 6) is -1.44. The van der Waals surface area contributed by atoms with Crippen LogP contribution in [0.4, 0.5) is 4.79 Å². The highest BCUT2D eigenvalue weighted by Crippen LogP contribution is 2.15. The van der Waals surface area contributed by atoms with Crippen LogP contribution in [0.25, 0.3) is 0 Å². The van der Waals surface area contributed by atoms with Crippen molar-refractivity contribution in [3.63, 3.8) is 0 Å². The Balaban J connectivity index is 4.41.